The van der Waals surface area contributed by atoms with Crippen molar-refractivity contribution in [1.29, 1.82) is 0 Å². The van der Waals surface area contributed by atoms with Crippen molar-refractivity contribution in [2.24, 2.45) is 0 Å². The Balaban J connectivity index is 0.000000212. The Morgan fingerprint density at radius 2 is 1.36 bits per heavy atom. The quantitative estimate of drug-likeness (QED) is 0.211. The smallest absolute Gasteiger partial charge is 0.138 e. The predicted octanol–water partition coefficient (Wildman–Crippen LogP) is 6.92. The Bertz CT molecular complexity index is 951. The van der Waals surface area contributed by atoms with E-state index in [0.29, 0.717) is 0 Å². The zero-order chi connectivity index (χ0) is 25.6. The summed E-state index contributed by atoms with van der Waals surface area (Å²) in [7, 11) is 4.34. The molecule has 0 saturated carbocycles. The molecule has 2 aliphatic rings. The molecular weight excluding hydrogens is 505 g/mol. The van der Waals surface area contributed by atoms with Crippen LogP contribution in [-0.2, 0) is 6.42 Å². The molecule has 0 amide bonds. The van der Waals surface area contributed by atoms with Gasteiger partial charge in [-0.15, -0.1) is 11.8 Å². The number of nitrogens with zero attached hydrogens (tertiary/aromatic N) is 6. The average Bonchev–Trinajstić information content (AvgIpc) is 3.54. The fraction of sp³-hybridized carbons (Fsp3) is 0.704. The monoisotopic (exact) mass is 548 g/mol. The first-order chi connectivity index (χ1) is 17.6. The van der Waals surface area contributed by atoms with Crippen LogP contribution in [-0.4, -0.2) is 73.3 Å². The fourth-order valence-electron chi connectivity index (χ4n) is 4.50. The lowest BCUT2D eigenvalue weighted by atomic mass is 10.0. The number of hydrogen-bond acceptors (Lipinski definition) is 9. The summed E-state index contributed by atoms with van der Waals surface area (Å²) >= 11 is 4.59. The molecule has 0 saturated heterocycles. The molecule has 0 fully saturated rings. The van der Waals surface area contributed by atoms with Gasteiger partial charge in [0.15, 0.2) is 0 Å². The minimum atomic E-state index is 1.01. The average molecular weight is 549 g/mol. The third kappa shape index (κ3) is 9.63. The van der Waals surface area contributed by atoms with Crippen LogP contribution in [0.25, 0.3) is 11.1 Å². The molecule has 6 nitrogen and oxygen atoms in total. The van der Waals surface area contributed by atoms with Crippen molar-refractivity contribution in [1.82, 2.24) is 27.3 Å². The number of rotatable bonds is 12. The molecule has 36 heavy (non-hydrogen) atoms. The van der Waals surface area contributed by atoms with Gasteiger partial charge in [0.1, 0.15) is 16.4 Å². The summed E-state index contributed by atoms with van der Waals surface area (Å²) in [5.41, 5.74) is 6.20. The lowest BCUT2D eigenvalue weighted by molar-refractivity contribution is 0.372. The van der Waals surface area contributed by atoms with Gasteiger partial charge in [-0.3, -0.25) is 0 Å². The maximum Gasteiger partial charge on any atom is 0.138 e. The van der Waals surface area contributed by atoms with Crippen LogP contribution in [0, 0.1) is 0 Å². The largest absolute Gasteiger partial charge is 0.302 e. The van der Waals surface area contributed by atoms with E-state index in [4.69, 9.17) is 0 Å². The van der Waals surface area contributed by atoms with Crippen LogP contribution < -0.4 is 0 Å². The van der Waals surface area contributed by atoms with Crippen LogP contribution in [0.3, 0.4) is 0 Å². The summed E-state index contributed by atoms with van der Waals surface area (Å²) in [6.45, 7) is 8.79. The Morgan fingerprint density at radius 3 is 2.03 bits per heavy atom. The van der Waals surface area contributed by atoms with Gasteiger partial charge in [-0.25, -0.2) is 0 Å². The third-order valence-corrected chi connectivity index (χ3v) is 8.79. The first kappa shape index (κ1) is 29.4. The van der Waals surface area contributed by atoms with E-state index in [1.165, 1.54) is 84.6 Å². The summed E-state index contributed by atoms with van der Waals surface area (Å²) in [6.07, 6.45) is 17.2. The number of thioether (sulfide) groups is 1. The molecule has 2 aromatic heterocycles. The normalized spacial score (nSPS) is 16.9. The van der Waals surface area contributed by atoms with Crippen LogP contribution >= 0.6 is 35.2 Å². The fourth-order valence-corrected chi connectivity index (χ4v) is 6.84. The predicted molar refractivity (Wildman–Crippen MR) is 158 cm³/mol. The molecule has 0 unspecified atom stereocenters. The van der Waals surface area contributed by atoms with Gasteiger partial charge in [-0.2, -0.15) is 17.5 Å². The van der Waals surface area contributed by atoms with Gasteiger partial charge < -0.3 is 9.80 Å². The van der Waals surface area contributed by atoms with Crippen molar-refractivity contribution in [2.45, 2.75) is 83.1 Å². The van der Waals surface area contributed by atoms with Crippen LogP contribution in [0.1, 0.15) is 88.7 Å². The number of likely N-dealkylation sites (N-methyl/N-ethyl adjacent to an activating group) is 2. The molecule has 0 radical (unpaired) electrons. The van der Waals surface area contributed by atoms with Crippen molar-refractivity contribution in [3.05, 3.63) is 29.2 Å². The Labute approximate surface area is 231 Å². The Hall–Kier alpha value is -1.13. The topological polar surface area (TPSA) is 58.0 Å². The van der Waals surface area contributed by atoms with Gasteiger partial charge >= 0.3 is 0 Å². The van der Waals surface area contributed by atoms with E-state index in [2.05, 4.69) is 67.4 Å². The number of unbranched alkanes of at least 4 members (excludes halogenated alkanes) is 5. The lowest BCUT2D eigenvalue weighted by Gasteiger charge is -2.22. The minimum Gasteiger partial charge on any atom is -0.302 e. The van der Waals surface area contributed by atoms with Crippen molar-refractivity contribution in [2.75, 3.05) is 46.0 Å². The number of aryl methyl sites for hydroxylation is 1. The van der Waals surface area contributed by atoms with Crippen molar-refractivity contribution in [3.63, 3.8) is 0 Å². The van der Waals surface area contributed by atoms with E-state index in [1.54, 1.807) is 0 Å². The maximum absolute atomic E-state index is 4.53. The van der Waals surface area contributed by atoms with E-state index in [0.717, 1.165) is 68.3 Å². The van der Waals surface area contributed by atoms with Crippen LogP contribution in [0.4, 0.5) is 0 Å². The number of hydrogen-bond donors (Lipinski definition) is 0. The molecule has 0 aromatic carbocycles. The van der Waals surface area contributed by atoms with E-state index in [1.807, 2.05) is 11.8 Å². The third-order valence-electron chi connectivity index (χ3n) is 6.53. The number of aromatic nitrogens is 4. The maximum atomic E-state index is 4.53. The summed E-state index contributed by atoms with van der Waals surface area (Å²) in [6, 6.07) is 0. The second-order valence-electron chi connectivity index (χ2n) is 9.86. The van der Waals surface area contributed by atoms with Gasteiger partial charge in [0.2, 0.25) is 0 Å². The van der Waals surface area contributed by atoms with Crippen LogP contribution in [0.5, 0.6) is 0 Å². The summed E-state index contributed by atoms with van der Waals surface area (Å²) < 4.78 is 17.8. The first-order valence-electron chi connectivity index (χ1n) is 13.6. The highest BCUT2D eigenvalue weighted by Gasteiger charge is 2.18. The van der Waals surface area contributed by atoms with E-state index in [-0.39, 0.29) is 0 Å². The Morgan fingerprint density at radius 1 is 0.750 bits per heavy atom. The standard InChI is InChI=1S/C16H27N3S2.C11H17N3S/c1-3-4-5-6-7-8-12-20-16-15(17-21-18-16)14-10-9-11-19(2)13-14;1-3-5-10-11(13-15-12-10)9-6-4-7-14(2)8-9/h10H,3-9,11-13H2,1-2H3;6H,3-5,7-8H2,1-2H3. The first-order valence-corrected chi connectivity index (χ1v) is 16.1. The highest BCUT2D eigenvalue weighted by Crippen LogP contribution is 2.29. The highest BCUT2D eigenvalue weighted by atomic mass is 32.2. The van der Waals surface area contributed by atoms with Gasteiger partial charge in [-0.1, -0.05) is 64.5 Å². The zero-order valence-electron chi connectivity index (χ0n) is 22.7. The summed E-state index contributed by atoms with van der Waals surface area (Å²) in [5, 5.41) is 1.15. The molecule has 4 heterocycles. The molecule has 9 heteroatoms. The summed E-state index contributed by atoms with van der Waals surface area (Å²) in [5.74, 6) is 1.17. The second kappa shape index (κ2) is 16.7. The van der Waals surface area contributed by atoms with Gasteiger partial charge in [0, 0.05) is 26.2 Å². The van der Waals surface area contributed by atoms with Crippen molar-refractivity contribution >= 4 is 46.4 Å². The van der Waals surface area contributed by atoms with Gasteiger partial charge in [0.05, 0.1) is 29.2 Å². The lowest BCUT2D eigenvalue weighted by Crippen LogP contribution is -2.25. The molecular formula is C27H44N6S3. The van der Waals surface area contributed by atoms with E-state index in [9.17, 15) is 0 Å². The molecule has 200 valence electrons. The SMILES string of the molecule is CCCCCCCCSc1nsnc1C1=CCCN(C)C1.CCCc1nsnc1C1=CCCN(C)C1. The molecule has 0 bridgehead atoms. The zero-order valence-corrected chi connectivity index (χ0v) is 25.1. The van der Waals surface area contributed by atoms with Gasteiger partial charge in [-0.05, 0) is 56.7 Å². The van der Waals surface area contributed by atoms with Gasteiger partial charge in [0.25, 0.3) is 0 Å². The van der Waals surface area contributed by atoms with Crippen LogP contribution in [0.2, 0.25) is 0 Å². The van der Waals surface area contributed by atoms with Crippen molar-refractivity contribution < 1.29 is 0 Å². The molecule has 0 aliphatic carbocycles. The second-order valence-corrected chi connectivity index (χ2v) is 12.0. The highest BCUT2D eigenvalue weighted by molar-refractivity contribution is 7.99. The van der Waals surface area contributed by atoms with Crippen molar-refractivity contribution in [3.8, 4) is 0 Å². The van der Waals surface area contributed by atoms with Crippen LogP contribution in [0.15, 0.2) is 17.2 Å². The Kier molecular flexibility index (Phi) is 13.6. The molecule has 0 N–H and O–H groups in total. The molecule has 2 aliphatic heterocycles. The minimum absolute atomic E-state index is 1.01. The van der Waals surface area contributed by atoms with E-state index < -0.39 is 0 Å². The molecule has 0 spiro atoms. The molecule has 2 aromatic rings. The van der Waals surface area contributed by atoms with E-state index >= 15 is 0 Å². The molecule has 4 rings (SSSR count). The summed E-state index contributed by atoms with van der Waals surface area (Å²) in [4.78, 5) is 4.70. The molecule has 0 atom stereocenters.